The molecule has 4 nitrogen and oxygen atoms in total. The number of hydrogen-bond acceptors (Lipinski definition) is 3. The molecule has 0 amide bonds. The SMILES string of the molecule is Cc1nccn1CCCN1CCCC(C(=O)CCc2ccccc2)C1. The molecule has 1 fully saturated rings. The number of nitrogens with zero attached hydrogens (tertiary/aromatic N) is 3. The van der Waals surface area contributed by atoms with E-state index in [1.165, 1.54) is 5.56 Å². The number of aromatic nitrogens is 2. The Morgan fingerprint density at radius 3 is 2.84 bits per heavy atom. The van der Waals surface area contributed by atoms with Gasteiger partial charge in [0.15, 0.2) is 0 Å². The number of carbonyl (C=O) groups excluding carboxylic acids is 1. The number of ketones is 1. The maximum absolute atomic E-state index is 12.6. The quantitative estimate of drug-likeness (QED) is 0.739. The van der Waals surface area contributed by atoms with E-state index in [0.717, 1.165) is 57.7 Å². The van der Waals surface area contributed by atoms with Gasteiger partial charge in [-0.25, -0.2) is 4.98 Å². The van der Waals surface area contributed by atoms with E-state index in [4.69, 9.17) is 0 Å². The third-order valence-corrected chi connectivity index (χ3v) is 5.26. The molecule has 25 heavy (non-hydrogen) atoms. The summed E-state index contributed by atoms with van der Waals surface area (Å²) in [7, 11) is 0. The van der Waals surface area contributed by atoms with Gasteiger partial charge < -0.3 is 9.47 Å². The van der Waals surface area contributed by atoms with Gasteiger partial charge in [-0.15, -0.1) is 0 Å². The van der Waals surface area contributed by atoms with E-state index in [0.29, 0.717) is 12.2 Å². The molecule has 0 N–H and O–H groups in total. The van der Waals surface area contributed by atoms with Crippen LogP contribution in [0.1, 0.15) is 37.1 Å². The van der Waals surface area contributed by atoms with Gasteiger partial charge >= 0.3 is 0 Å². The minimum Gasteiger partial charge on any atom is -0.335 e. The van der Waals surface area contributed by atoms with Gasteiger partial charge in [0.1, 0.15) is 11.6 Å². The average Bonchev–Trinajstić information content (AvgIpc) is 3.06. The number of hydrogen-bond donors (Lipinski definition) is 0. The Hall–Kier alpha value is -1.94. The van der Waals surface area contributed by atoms with Crippen LogP contribution in [0.2, 0.25) is 0 Å². The summed E-state index contributed by atoms with van der Waals surface area (Å²) in [6, 6.07) is 10.3. The molecule has 1 aromatic heterocycles. The molecule has 0 saturated carbocycles. The standard InChI is InChI=1S/C21H29N3O/c1-18-22-12-16-24(18)15-6-14-23-13-5-9-20(17-23)21(25)11-10-19-7-3-2-4-8-19/h2-4,7-8,12,16,20H,5-6,9-11,13-15,17H2,1H3. The second-order valence-corrected chi connectivity index (χ2v) is 7.11. The molecule has 0 aliphatic carbocycles. The zero-order valence-electron chi connectivity index (χ0n) is 15.2. The summed E-state index contributed by atoms with van der Waals surface area (Å²) >= 11 is 0. The largest absolute Gasteiger partial charge is 0.335 e. The van der Waals surface area contributed by atoms with Crippen LogP contribution in [0.25, 0.3) is 0 Å². The number of rotatable bonds is 8. The average molecular weight is 339 g/mol. The van der Waals surface area contributed by atoms with Crippen molar-refractivity contribution in [2.75, 3.05) is 19.6 Å². The number of benzene rings is 1. The molecule has 3 rings (SSSR count). The summed E-state index contributed by atoms with van der Waals surface area (Å²) in [6.45, 7) is 6.19. The molecule has 1 unspecified atom stereocenters. The van der Waals surface area contributed by atoms with Crippen LogP contribution in [-0.2, 0) is 17.8 Å². The first kappa shape index (κ1) is 17.9. The highest BCUT2D eigenvalue weighted by atomic mass is 16.1. The zero-order valence-corrected chi connectivity index (χ0v) is 15.2. The van der Waals surface area contributed by atoms with Crippen LogP contribution in [0.4, 0.5) is 0 Å². The second-order valence-electron chi connectivity index (χ2n) is 7.11. The predicted octanol–water partition coefficient (Wildman–Crippen LogP) is 3.50. The van der Waals surface area contributed by atoms with Crippen LogP contribution in [0.15, 0.2) is 42.7 Å². The highest BCUT2D eigenvalue weighted by molar-refractivity contribution is 5.81. The first-order valence-corrected chi connectivity index (χ1v) is 9.49. The van der Waals surface area contributed by atoms with Crippen LogP contribution >= 0.6 is 0 Å². The molecular formula is C21H29N3O. The van der Waals surface area contributed by atoms with Gasteiger partial charge in [0.2, 0.25) is 0 Å². The molecule has 2 heterocycles. The summed E-state index contributed by atoms with van der Waals surface area (Å²) in [4.78, 5) is 19.3. The molecular weight excluding hydrogens is 310 g/mol. The number of likely N-dealkylation sites (tertiary alicyclic amines) is 1. The predicted molar refractivity (Wildman–Crippen MR) is 101 cm³/mol. The van der Waals surface area contributed by atoms with Gasteiger partial charge in [-0.3, -0.25) is 4.79 Å². The van der Waals surface area contributed by atoms with Crippen molar-refractivity contribution in [3.05, 3.63) is 54.1 Å². The Kier molecular flexibility index (Phi) is 6.40. The zero-order chi connectivity index (χ0) is 17.5. The third-order valence-electron chi connectivity index (χ3n) is 5.26. The van der Waals surface area contributed by atoms with Crippen LogP contribution in [0.3, 0.4) is 0 Å². The number of piperidine rings is 1. The molecule has 0 radical (unpaired) electrons. The molecule has 1 aromatic carbocycles. The van der Waals surface area contributed by atoms with E-state index in [1.807, 2.05) is 37.5 Å². The molecule has 2 aromatic rings. The first-order chi connectivity index (χ1) is 12.2. The normalized spacial score (nSPS) is 18.4. The van der Waals surface area contributed by atoms with Gasteiger partial charge in [-0.2, -0.15) is 0 Å². The van der Waals surface area contributed by atoms with Crippen LogP contribution in [-0.4, -0.2) is 39.9 Å². The van der Waals surface area contributed by atoms with Gasteiger partial charge in [-0.05, 0) is 51.3 Å². The van der Waals surface area contributed by atoms with Crippen LogP contribution in [0.5, 0.6) is 0 Å². The Bertz CT molecular complexity index is 665. The lowest BCUT2D eigenvalue weighted by atomic mass is 9.90. The van der Waals surface area contributed by atoms with Gasteiger partial charge in [-0.1, -0.05) is 30.3 Å². The Morgan fingerprint density at radius 1 is 1.24 bits per heavy atom. The van der Waals surface area contributed by atoms with Gasteiger partial charge in [0.25, 0.3) is 0 Å². The smallest absolute Gasteiger partial charge is 0.137 e. The van der Waals surface area contributed by atoms with E-state index in [2.05, 4.69) is 26.6 Å². The van der Waals surface area contributed by atoms with Gasteiger partial charge in [0.05, 0.1) is 0 Å². The van der Waals surface area contributed by atoms with Crippen molar-refractivity contribution in [3.8, 4) is 0 Å². The van der Waals surface area contributed by atoms with Crippen molar-refractivity contribution in [3.63, 3.8) is 0 Å². The number of Topliss-reactive ketones (excluding diaryl/α,β-unsaturated/α-hetero) is 1. The monoisotopic (exact) mass is 339 g/mol. The summed E-state index contributed by atoms with van der Waals surface area (Å²) in [6.07, 6.45) is 8.77. The number of aryl methyl sites for hydroxylation is 3. The fourth-order valence-corrected chi connectivity index (χ4v) is 3.74. The molecule has 1 saturated heterocycles. The maximum atomic E-state index is 12.6. The lowest BCUT2D eigenvalue weighted by molar-refractivity contribution is -0.124. The molecule has 4 heteroatoms. The lowest BCUT2D eigenvalue weighted by Crippen LogP contribution is -2.39. The lowest BCUT2D eigenvalue weighted by Gasteiger charge is -2.32. The van der Waals surface area contributed by atoms with Crippen molar-refractivity contribution in [1.29, 1.82) is 0 Å². The molecule has 1 atom stereocenters. The number of imidazole rings is 1. The fraction of sp³-hybridized carbons (Fsp3) is 0.524. The summed E-state index contributed by atoms with van der Waals surface area (Å²) in [5.74, 6) is 1.75. The van der Waals surface area contributed by atoms with Crippen molar-refractivity contribution < 1.29 is 4.79 Å². The van der Waals surface area contributed by atoms with E-state index >= 15 is 0 Å². The molecule has 1 aliphatic rings. The Morgan fingerprint density at radius 2 is 2.08 bits per heavy atom. The van der Waals surface area contributed by atoms with E-state index in [9.17, 15) is 4.79 Å². The molecule has 134 valence electrons. The molecule has 0 bridgehead atoms. The van der Waals surface area contributed by atoms with Crippen molar-refractivity contribution in [2.45, 2.75) is 45.6 Å². The molecule has 1 aliphatic heterocycles. The summed E-state index contributed by atoms with van der Waals surface area (Å²) in [5, 5.41) is 0. The van der Waals surface area contributed by atoms with Crippen molar-refractivity contribution >= 4 is 5.78 Å². The topological polar surface area (TPSA) is 38.1 Å². The van der Waals surface area contributed by atoms with E-state index < -0.39 is 0 Å². The second kappa shape index (κ2) is 8.95. The van der Waals surface area contributed by atoms with Crippen molar-refractivity contribution in [1.82, 2.24) is 14.5 Å². The molecule has 0 spiro atoms. The highest BCUT2D eigenvalue weighted by Crippen LogP contribution is 2.20. The minimum atomic E-state index is 0.229. The summed E-state index contributed by atoms with van der Waals surface area (Å²) in [5.41, 5.74) is 1.26. The number of carbonyl (C=O) groups is 1. The third kappa shape index (κ3) is 5.27. The fourth-order valence-electron chi connectivity index (χ4n) is 3.74. The Balaban J connectivity index is 1.41. The highest BCUT2D eigenvalue weighted by Gasteiger charge is 2.25. The van der Waals surface area contributed by atoms with Crippen LogP contribution in [0, 0.1) is 12.8 Å². The minimum absolute atomic E-state index is 0.229. The summed E-state index contributed by atoms with van der Waals surface area (Å²) < 4.78 is 2.20. The first-order valence-electron chi connectivity index (χ1n) is 9.49. The van der Waals surface area contributed by atoms with E-state index in [-0.39, 0.29) is 5.92 Å². The maximum Gasteiger partial charge on any atom is 0.137 e. The van der Waals surface area contributed by atoms with E-state index in [1.54, 1.807) is 0 Å². The Labute approximate surface area is 150 Å². The van der Waals surface area contributed by atoms with Crippen molar-refractivity contribution in [2.24, 2.45) is 5.92 Å². The van der Waals surface area contributed by atoms with Gasteiger partial charge in [0, 0.05) is 37.8 Å². The van der Waals surface area contributed by atoms with Crippen LogP contribution < -0.4 is 0 Å².